The Kier molecular flexibility index (Phi) is 3.04. The van der Waals surface area contributed by atoms with Crippen molar-refractivity contribution in [2.45, 2.75) is 52.1 Å². The molecule has 0 amide bonds. The molecule has 2 nitrogen and oxygen atoms in total. The molecular weight excluding hydrogens is 200 g/mol. The van der Waals surface area contributed by atoms with Gasteiger partial charge in [0.2, 0.25) is 0 Å². The highest BCUT2D eigenvalue weighted by Crippen LogP contribution is 2.35. The number of benzene rings is 1. The Balaban J connectivity index is 2.17. The molecule has 1 aliphatic heterocycles. The molecule has 1 saturated heterocycles. The van der Waals surface area contributed by atoms with Crippen molar-refractivity contribution in [2.75, 3.05) is 0 Å². The molecule has 2 heteroatoms. The van der Waals surface area contributed by atoms with Crippen LogP contribution in [0.2, 0.25) is 0 Å². The van der Waals surface area contributed by atoms with Gasteiger partial charge in [-0.2, -0.15) is 0 Å². The molecule has 0 unspecified atom stereocenters. The van der Waals surface area contributed by atoms with Gasteiger partial charge in [-0.05, 0) is 27.7 Å². The molecule has 0 aromatic heterocycles. The monoisotopic (exact) mass is 220 g/mol. The Bertz CT molecular complexity index is 354. The lowest BCUT2D eigenvalue weighted by atomic mass is 9.99. The van der Waals surface area contributed by atoms with Crippen LogP contribution in [0.25, 0.3) is 0 Å². The standard InChI is InChI=1S/C14H20O2/c1-10-5-7-12(8-6-10)13-15-11(2)9-14(3,4)16-13/h5-8,11,13H,9H2,1-4H3/t11-,13+/m1/s1. The van der Waals surface area contributed by atoms with E-state index < -0.39 is 0 Å². The zero-order chi connectivity index (χ0) is 11.8. The van der Waals surface area contributed by atoms with Crippen LogP contribution in [0.5, 0.6) is 0 Å². The van der Waals surface area contributed by atoms with Gasteiger partial charge in [-0.15, -0.1) is 0 Å². The van der Waals surface area contributed by atoms with Crippen LogP contribution in [-0.4, -0.2) is 11.7 Å². The number of hydrogen-bond donors (Lipinski definition) is 0. The molecule has 16 heavy (non-hydrogen) atoms. The Hall–Kier alpha value is -0.860. The smallest absolute Gasteiger partial charge is 0.184 e. The number of hydrogen-bond acceptors (Lipinski definition) is 2. The average Bonchev–Trinajstić information content (AvgIpc) is 2.15. The molecule has 1 aromatic rings. The van der Waals surface area contributed by atoms with E-state index in [4.69, 9.17) is 9.47 Å². The van der Waals surface area contributed by atoms with Crippen molar-refractivity contribution >= 4 is 0 Å². The SMILES string of the molecule is Cc1ccc([C@H]2O[C@H](C)CC(C)(C)O2)cc1. The predicted molar refractivity (Wildman–Crippen MR) is 64.2 cm³/mol. The van der Waals surface area contributed by atoms with E-state index in [2.05, 4.69) is 52.0 Å². The van der Waals surface area contributed by atoms with Crippen molar-refractivity contribution in [1.29, 1.82) is 0 Å². The van der Waals surface area contributed by atoms with Crippen LogP contribution in [-0.2, 0) is 9.47 Å². The van der Waals surface area contributed by atoms with E-state index in [0.717, 1.165) is 12.0 Å². The highest BCUT2D eigenvalue weighted by Gasteiger charge is 2.33. The molecular formula is C14H20O2. The van der Waals surface area contributed by atoms with Gasteiger partial charge in [0.05, 0.1) is 11.7 Å². The van der Waals surface area contributed by atoms with Gasteiger partial charge in [-0.3, -0.25) is 0 Å². The first-order chi connectivity index (χ1) is 7.46. The zero-order valence-electron chi connectivity index (χ0n) is 10.5. The third-order valence-electron chi connectivity index (χ3n) is 2.91. The summed E-state index contributed by atoms with van der Waals surface area (Å²) in [5.74, 6) is 0. The van der Waals surface area contributed by atoms with Gasteiger partial charge in [-0.1, -0.05) is 29.8 Å². The highest BCUT2D eigenvalue weighted by molar-refractivity contribution is 5.22. The van der Waals surface area contributed by atoms with Crippen LogP contribution < -0.4 is 0 Å². The fraction of sp³-hybridized carbons (Fsp3) is 0.571. The third-order valence-corrected chi connectivity index (χ3v) is 2.91. The van der Waals surface area contributed by atoms with Crippen LogP contribution in [0.4, 0.5) is 0 Å². The largest absolute Gasteiger partial charge is 0.345 e. The number of aryl methyl sites for hydroxylation is 1. The van der Waals surface area contributed by atoms with Crippen molar-refractivity contribution in [3.8, 4) is 0 Å². The minimum atomic E-state index is -0.223. The van der Waals surface area contributed by atoms with E-state index in [1.54, 1.807) is 0 Å². The van der Waals surface area contributed by atoms with Crippen molar-refractivity contribution in [3.05, 3.63) is 35.4 Å². The Labute approximate surface area is 97.6 Å². The molecule has 1 aromatic carbocycles. The Morgan fingerprint density at radius 1 is 1.19 bits per heavy atom. The van der Waals surface area contributed by atoms with Gasteiger partial charge < -0.3 is 9.47 Å². The molecule has 2 atom stereocenters. The van der Waals surface area contributed by atoms with E-state index in [1.165, 1.54) is 5.56 Å². The van der Waals surface area contributed by atoms with Crippen molar-refractivity contribution in [3.63, 3.8) is 0 Å². The van der Waals surface area contributed by atoms with E-state index in [-0.39, 0.29) is 18.0 Å². The predicted octanol–water partition coefficient (Wildman–Crippen LogP) is 3.60. The maximum absolute atomic E-state index is 5.95. The molecule has 0 spiro atoms. The normalized spacial score (nSPS) is 29.0. The molecule has 1 aliphatic rings. The summed E-state index contributed by atoms with van der Waals surface area (Å²) in [4.78, 5) is 0. The first-order valence-corrected chi connectivity index (χ1v) is 5.86. The lowest BCUT2D eigenvalue weighted by Gasteiger charge is -2.39. The molecule has 0 N–H and O–H groups in total. The molecule has 1 fully saturated rings. The first-order valence-electron chi connectivity index (χ1n) is 5.86. The highest BCUT2D eigenvalue weighted by atomic mass is 16.7. The lowest BCUT2D eigenvalue weighted by molar-refractivity contribution is -0.273. The summed E-state index contributed by atoms with van der Waals surface area (Å²) in [6, 6.07) is 8.34. The molecule has 1 heterocycles. The number of rotatable bonds is 1. The van der Waals surface area contributed by atoms with Gasteiger partial charge in [0.15, 0.2) is 6.29 Å². The molecule has 0 aliphatic carbocycles. The summed E-state index contributed by atoms with van der Waals surface area (Å²) in [7, 11) is 0. The van der Waals surface area contributed by atoms with Gasteiger partial charge in [0.1, 0.15) is 0 Å². The van der Waals surface area contributed by atoms with E-state index >= 15 is 0 Å². The van der Waals surface area contributed by atoms with Crippen LogP contribution in [0.3, 0.4) is 0 Å². The summed E-state index contributed by atoms with van der Waals surface area (Å²) in [5, 5.41) is 0. The summed E-state index contributed by atoms with van der Waals surface area (Å²) in [6.45, 7) is 8.42. The van der Waals surface area contributed by atoms with Crippen molar-refractivity contribution in [2.24, 2.45) is 0 Å². The summed E-state index contributed by atoms with van der Waals surface area (Å²) in [5.41, 5.74) is 2.25. The maximum Gasteiger partial charge on any atom is 0.184 e. The molecule has 2 rings (SSSR count). The van der Waals surface area contributed by atoms with Crippen LogP contribution in [0, 0.1) is 6.92 Å². The van der Waals surface area contributed by atoms with Gasteiger partial charge in [-0.25, -0.2) is 0 Å². The van der Waals surface area contributed by atoms with Gasteiger partial charge in [0.25, 0.3) is 0 Å². The summed E-state index contributed by atoms with van der Waals surface area (Å²) in [6.07, 6.45) is 0.962. The second kappa shape index (κ2) is 4.19. The fourth-order valence-electron chi connectivity index (χ4n) is 2.19. The maximum atomic E-state index is 5.95. The fourth-order valence-corrected chi connectivity index (χ4v) is 2.19. The van der Waals surface area contributed by atoms with Crippen molar-refractivity contribution in [1.82, 2.24) is 0 Å². The van der Waals surface area contributed by atoms with Crippen molar-refractivity contribution < 1.29 is 9.47 Å². The van der Waals surface area contributed by atoms with Gasteiger partial charge >= 0.3 is 0 Å². The van der Waals surface area contributed by atoms with Gasteiger partial charge in [0, 0.05) is 12.0 Å². The second-order valence-electron chi connectivity index (χ2n) is 5.27. The average molecular weight is 220 g/mol. The quantitative estimate of drug-likeness (QED) is 0.720. The zero-order valence-corrected chi connectivity index (χ0v) is 10.5. The molecule has 0 bridgehead atoms. The molecule has 88 valence electrons. The lowest BCUT2D eigenvalue weighted by Crippen LogP contribution is -2.38. The second-order valence-corrected chi connectivity index (χ2v) is 5.27. The van der Waals surface area contributed by atoms with Crippen LogP contribution >= 0.6 is 0 Å². The minimum Gasteiger partial charge on any atom is -0.345 e. The summed E-state index contributed by atoms with van der Waals surface area (Å²) < 4.78 is 11.8. The van der Waals surface area contributed by atoms with E-state index in [1.807, 2.05) is 0 Å². The Morgan fingerprint density at radius 2 is 1.81 bits per heavy atom. The Morgan fingerprint density at radius 3 is 2.38 bits per heavy atom. The summed E-state index contributed by atoms with van der Waals surface area (Å²) >= 11 is 0. The molecule has 0 radical (unpaired) electrons. The minimum absolute atomic E-state index is 0.104. The van der Waals surface area contributed by atoms with E-state index in [9.17, 15) is 0 Å². The number of ether oxygens (including phenoxy) is 2. The topological polar surface area (TPSA) is 18.5 Å². The third kappa shape index (κ3) is 2.63. The van der Waals surface area contributed by atoms with Crippen LogP contribution in [0.15, 0.2) is 24.3 Å². The molecule has 0 saturated carbocycles. The first kappa shape index (κ1) is 11.6. The van der Waals surface area contributed by atoms with Crippen LogP contribution in [0.1, 0.15) is 44.6 Å². The van der Waals surface area contributed by atoms with E-state index in [0.29, 0.717) is 0 Å².